The van der Waals surface area contributed by atoms with E-state index in [-0.39, 0.29) is 17.5 Å². The SMILES string of the molecule is COc1ccc2[nH]c(=O)c(CN(Cc3ccccc3)[C@H](c3nnnn3Cc3ccco3)C(C)C)cc2c1. The highest BCUT2D eigenvalue weighted by atomic mass is 16.5. The Morgan fingerprint density at radius 2 is 1.89 bits per heavy atom. The van der Waals surface area contributed by atoms with Crippen LogP contribution in [0.4, 0.5) is 0 Å². The van der Waals surface area contributed by atoms with Gasteiger partial charge in [0.2, 0.25) is 0 Å². The summed E-state index contributed by atoms with van der Waals surface area (Å²) in [6.07, 6.45) is 1.64. The highest BCUT2D eigenvalue weighted by Crippen LogP contribution is 2.30. The van der Waals surface area contributed by atoms with E-state index in [1.165, 1.54) is 0 Å². The molecule has 1 N–H and O–H groups in total. The average Bonchev–Trinajstić information content (AvgIpc) is 3.57. The van der Waals surface area contributed by atoms with E-state index in [4.69, 9.17) is 9.15 Å². The van der Waals surface area contributed by atoms with Crippen LogP contribution in [0.2, 0.25) is 0 Å². The van der Waals surface area contributed by atoms with Gasteiger partial charge in [-0.25, -0.2) is 4.68 Å². The first kappa shape index (κ1) is 24.5. The molecule has 190 valence electrons. The number of H-pyrrole nitrogens is 1. The van der Waals surface area contributed by atoms with Crippen molar-refractivity contribution in [1.29, 1.82) is 0 Å². The number of furan rings is 1. The van der Waals surface area contributed by atoms with Crippen LogP contribution in [0.3, 0.4) is 0 Å². The molecule has 0 saturated heterocycles. The molecular formula is C28H30N6O3. The Hall–Kier alpha value is -4.24. The normalized spacial score (nSPS) is 12.5. The van der Waals surface area contributed by atoms with Gasteiger partial charge in [0, 0.05) is 29.6 Å². The summed E-state index contributed by atoms with van der Waals surface area (Å²) in [6, 6.07) is 21.4. The van der Waals surface area contributed by atoms with Gasteiger partial charge in [-0.05, 0) is 58.3 Å². The van der Waals surface area contributed by atoms with Gasteiger partial charge in [-0.1, -0.05) is 44.2 Å². The van der Waals surface area contributed by atoms with Crippen LogP contribution in [-0.2, 0) is 19.6 Å². The first-order chi connectivity index (χ1) is 18.0. The van der Waals surface area contributed by atoms with Crippen molar-refractivity contribution in [2.24, 2.45) is 5.92 Å². The Morgan fingerprint density at radius 3 is 2.62 bits per heavy atom. The summed E-state index contributed by atoms with van der Waals surface area (Å²) >= 11 is 0. The zero-order valence-electron chi connectivity index (χ0n) is 21.2. The fourth-order valence-electron chi connectivity index (χ4n) is 4.73. The van der Waals surface area contributed by atoms with Gasteiger partial charge in [0.1, 0.15) is 18.1 Å². The van der Waals surface area contributed by atoms with E-state index in [9.17, 15) is 4.79 Å². The maximum atomic E-state index is 13.2. The number of fused-ring (bicyclic) bond motifs is 1. The van der Waals surface area contributed by atoms with Crippen molar-refractivity contribution in [2.45, 2.75) is 39.5 Å². The Labute approximate surface area is 214 Å². The van der Waals surface area contributed by atoms with Crippen LogP contribution in [-0.4, -0.2) is 37.2 Å². The van der Waals surface area contributed by atoms with Crippen molar-refractivity contribution < 1.29 is 9.15 Å². The predicted molar refractivity (Wildman–Crippen MR) is 140 cm³/mol. The molecule has 9 heteroatoms. The van der Waals surface area contributed by atoms with Crippen molar-refractivity contribution in [2.75, 3.05) is 7.11 Å². The number of rotatable bonds is 10. The lowest BCUT2D eigenvalue weighted by Crippen LogP contribution is -2.35. The molecule has 0 fully saturated rings. The summed E-state index contributed by atoms with van der Waals surface area (Å²) in [6.45, 7) is 5.74. The second-order valence-corrected chi connectivity index (χ2v) is 9.43. The molecule has 0 spiro atoms. The van der Waals surface area contributed by atoms with Crippen molar-refractivity contribution in [3.8, 4) is 5.75 Å². The van der Waals surface area contributed by atoms with Crippen LogP contribution in [0.25, 0.3) is 10.9 Å². The summed E-state index contributed by atoms with van der Waals surface area (Å²) in [4.78, 5) is 18.5. The Balaban J connectivity index is 1.55. The number of benzene rings is 2. The van der Waals surface area contributed by atoms with Crippen LogP contribution in [0.15, 0.2) is 82.2 Å². The molecule has 2 aromatic carbocycles. The third kappa shape index (κ3) is 5.46. The van der Waals surface area contributed by atoms with Crippen molar-refractivity contribution in [3.63, 3.8) is 0 Å². The Bertz CT molecular complexity index is 1510. The zero-order valence-corrected chi connectivity index (χ0v) is 21.2. The minimum Gasteiger partial charge on any atom is -0.497 e. The van der Waals surface area contributed by atoms with Gasteiger partial charge in [-0.2, -0.15) is 0 Å². The highest BCUT2D eigenvalue weighted by molar-refractivity contribution is 5.80. The number of hydrogen-bond donors (Lipinski definition) is 1. The monoisotopic (exact) mass is 498 g/mol. The fourth-order valence-corrected chi connectivity index (χ4v) is 4.73. The minimum absolute atomic E-state index is 0.117. The zero-order chi connectivity index (χ0) is 25.8. The molecule has 0 aliphatic carbocycles. The molecule has 0 bridgehead atoms. The van der Waals surface area contributed by atoms with Crippen molar-refractivity contribution in [1.82, 2.24) is 30.1 Å². The van der Waals surface area contributed by atoms with E-state index < -0.39 is 0 Å². The lowest BCUT2D eigenvalue weighted by molar-refractivity contribution is 0.125. The standard InChI is InChI=1S/C28H30N6O3/c1-19(2)26(27-30-31-32-34(27)18-24-10-7-13-37-24)33(16-20-8-5-4-6-9-20)17-22-14-21-15-23(36-3)11-12-25(21)29-28(22)35/h4-15,19,26H,16-18H2,1-3H3,(H,29,35)/t26-/m0/s1. The lowest BCUT2D eigenvalue weighted by atomic mass is 9.99. The van der Waals surface area contributed by atoms with Gasteiger partial charge in [0.25, 0.3) is 5.56 Å². The maximum absolute atomic E-state index is 13.2. The van der Waals surface area contributed by atoms with E-state index in [0.29, 0.717) is 25.2 Å². The van der Waals surface area contributed by atoms with Gasteiger partial charge in [-0.3, -0.25) is 9.69 Å². The molecule has 5 rings (SSSR count). The van der Waals surface area contributed by atoms with Crippen LogP contribution >= 0.6 is 0 Å². The highest BCUT2D eigenvalue weighted by Gasteiger charge is 2.30. The summed E-state index contributed by atoms with van der Waals surface area (Å²) < 4.78 is 12.7. The van der Waals surface area contributed by atoms with Crippen LogP contribution in [0, 0.1) is 5.92 Å². The summed E-state index contributed by atoms with van der Waals surface area (Å²) in [5.74, 6) is 2.39. The number of ether oxygens (including phenoxy) is 1. The molecule has 5 aromatic rings. The third-order valence-corrected chi connectivity index (χ3v) is 6.46. The summed E-state index contributed by atoms with van der Waals surface area (Å²) in [7, 11) is 1.63. The van der Waals surface area contributed by atoms with E-state index in [2.05, 4.69) is 51.4 Å². The summed E-state index contributed by atoms with van der Waals surface area (Å²) in [5, 5.41) is 13.6. The number of methoxy groups -OCH3 is 1. The number of aromatic nitrogens is 5. The molecule has 37 heavy (non-hydrogen) atoms. The number of nitrogens with zero attached hydrogens (tertiary/aromatic N) is 5. The Kier molecular flexibility index (Phi) is 7.14. The topological polar surface area (TPSA) is 102 Å². The molecule has 0 amide bonds. The van der Waals surface area contributed by atoms with E-state index in [0.717, 1.165) is 33.8 Å². The first-order valence-corrected chi connectivity index (χ1v) is 12.3. The number of hydrogen-bond acceptors (Lipinski definition) is 7. The van der Waals surface area contributed by atoms with Gasteiger partial charge in [0.05, 0.1) is 19.4 Å². The second kappa shape index (κ2) is 10.8. The number of nitrogens with one attached hydrogen (secondary N) is 1. The van der Waals surface area contributed by atoms with Gasteiger partial charge in [-0.15, -0.1) is 5.10 Å². The lowest BCUT2D eigenvalue weighted by Gasteiger charge is -2.33. The molecule has 0 aliphatic heterocycles. The summed E-state index contributed by atoms with van der Waals surface area (Å²) in [5.41, 5.74) is 2.45. The van der Waals surface area contributed by atoms with Gasteiger partial charge in [0.15, 0.2) is 5.82 Å². The molecule has 0 radical (unpaired) electrons. The smallest absolute Gasteiger partial charge is 0.252 e. The molecule has 3 aromatic heterocycles. The van der Waals surface area contributed by atoms with Gasteiger partial charge >= 0.3 is 0 Å². The average molecular weight is 499 g/mol. The predicted octanol–water partition coefficient (Wildman–Crippen LogP) is 4.56. The van der Waals surface area contributed by atoms with Crippen LogP contribution in [0.1, 0.15) is 42.6 Å². The fraction of sp³-hybridized carbons (Fsp3) is 0.286. The van der Waals surface area contributed by atoms with Gasteiger partial charge < -0.3 is 14.1 Å². The Morgan fingerprint density at radius 1 is 1.05 bits per heavy atom. The largest absolute Gasteiger partial charge is 0.497 e. The number of tetrazole rings is 1. The number of aromatic amines is 1. The quantitative estimate of drug-likeness (QED) is 0.301. The minimum atomic E-state index is -0.162. The van der Waals surface area contributed by atoms with E-state index in [1.54, 1.807) is 18.1 Å². The van der Waals surface area contributed by atoms with E-state index in [1.807, 2.05) is 54.6 Å². The molecule has 0 unspecified atom stereocenters. The third-order valence-electron chi connectivity index (χ3n) is 6.46. The molecule has 9 nitrogen and oxygen atoms in total. The maximum Gasteiger partial charge on any atom is 0.252 e. The molecule has 3 heterocycles. The molecule has 0 saturated carbocycles. The number of pyridine rings is 1. The second-order valence-electron chi connectivity index (χ2n) is 9.43. The molecular weight excluding hydrogens is 468 g/mol. The van der Waals surface area contributed by atoms with E-state index >= 15 is 0 Å². The molecule has 1 atom stereocenters. The van der Waals surface area contributed by atoms with Crippen LogP contribution in [0.5, 0.6) is 5.75 Å². The van der Waals surface area contributed by atoms with Crippen molar-refractivity contribution in [3.05, 3.63) is 106 Å². The first-order valence-electron chi connectivity index (χ1n) is 12.3. The van der Waals surface area contributed by atoms with Crippen LogP contribution < -0.4 is 10.3 Å². The molecule has 0 aliphatic rings. The van der Waals surface area contributed by atoms with Crippen molar-refractivity contribution >= 4 is 10.9 Å².